The van der Waals surface area contributed by atoms with Crippen molar-refractivity contribution < 1.29 is 33.7 Å². The van der Waals surface area contributed by atoms with Gasteiger partial charge in [0.05, 0.1) is 6.10 Å². The van der Waals surface area contributed by atoms with Gasteiger partial charge in [-0.2, -0.15) is 0 Å². The van der Waals surface area contributed by atoms with Crippen LogP contribution in [-0.4, -0.2) is 51.7 Å². The highest BCUT2D eigenvalue weighted by Gasteiger charge is 2.75. The van der Waals surface area contributed by atoms with Gasteiger partial charge in [-0.25, -0.2) is 4.39 Å². The van der Waals surface area contributed by atoms with Crippen LogP contribution < -0.4 is 0 Å². The van der Waals surface area contributed by atoms with E-state index in [4.69, 9.17) is 4.74 Å². The van der Waals surface area contributed by atoms with Crippen molar-refractivity contribution in [1.29, 1.82) is 0 Å². The fraction of sp³-hybridized carbons (Fsp3) is 0.731. The number of esters is 1. The molecular weight excluding hydrogens is 427 g/mol. The van der Waals surface area contributed by atoms with Crippen LogP contribution in [0.15, 0.2) is 23.8 Å². The molecule has 4 rings (SSSR count). The Morgan fingerprint density at radius 3 is 2.64 bits per heavy atom. The van der Waals surface area contributed by atoms with E-state index in [0.29, 0.717) is 31.3 Å². The van der Waals surface area contributed by atoms with Crippen LogP contribution in [0.5, 0.6) is 0 Å². The molecule has 2 N–H and O–H groups in total. The molecule has 0 aromatic rings. The Labute approximate surface area is 194 Å². The van der Waals surface area contributed by atoms with Crippen LogP contribution in [0.4, 0.5) is 4.39 Å². The summed E-state index contributed by atoms with van der Waals surface area (Å²) >= 11 is 0. The molecule has 0 amide bonds. The molecule has 182 valence electrons. The van der Waals surface area contributed by atoms with E-state index in [0.717, 1.165) is 6.42 Å². The Morgan fingerprint density at radius 1 is 1.24 bits per heavy atom. The molecule has 4 aliphatic rings. The molecule has 0 heterocycles. The fourth-order valence-electron chi connectivity index (χ4n) is 7.58. The van der Waals surface area contributed by atoms with Gasteiger partial charge in [0.1, 0.15) is 6.61 Å². The largest absolute Gasteiger partial charge is 0.450 e. The lowest BCUT2D eigenvalue weighted by molar-refractivity contribution is -0.225. The number of hydrogen-bond acceptors (Lipinski definition) is 6. The first-order valence-corrected chi connectivity index (χ1v) is 12.2. The smallest absolute Gasteiger partial charge is 0.306 e. The van der Waals surface area contributed by atoms with Crippen LogP contribution in [0, 0.1) is 22.7 Å². The summed E-state index contributed by atoms with van der Waals surface area (Å²) < 4.78 is 23.0. The standard InChI is InChI=1S/C26H35FO6/c1-4-5-6-22(32)33-25(21(31)15-28)12-10-18-19-8-7-16-13-17(29)9-11-23(16,2)26(19,27)20(30)14-24(18,25)3/h9,11,13,18-20,28,30H,4-8,10,12,14-15H2,1-3H3/t18-,19-,20-,23-,24-,25+,26-/m0/s1. The lowest BCUT2D eigenvalue weighted by Gasteiger charge is -2.62. The molecule has 0 bridgehead atoms. The van der Waals surface area contributed by atoms with Crippen LogP contribution in [0.3, 0.4) is 0 Å². The molecule has 0 aromatic heterocycles. The van der Waals surface area contributed by atoms with Gasteiger partial charge >= 0.3 is 5.97 Å². The number of unbranched alkanes of at least 4 members (excludes halogenated alkanes) is 1. The van der Waals surface area contributed by atoms with Crippen molar-refractivity contribution in [3.8, 4) is 0 Å². The predicted molar refractivity (Wildman–Crippen MR) is 119 cm³/mol. The summed E-state index contributed by atoms with van der Waals surface area (Å²) in [6, 6.07) is 0. The average Bonchev–Trinajstić information content (AvgIpc) is 3.05. The Kier molecular flexibility index (Phi) is 5.97. The highest BCUT2D eigenvalue weighted by Crippen LogP contribution is 2.70. The Balaban J connectivity index is 1.75. The molecule has 0 unspecified atom stereocenters. The first kappa shape index (κ1) is 24.3. The van der Waals surface area contributed by atoms with E-state index in [2.05, 4.69) is 0 Å². The lowest BCUT2D eigenvalue weighted by Crippen LogP contribution is -2.69. The molecule has 3 saturated carbocycles. The van der Waals surface area contributed by atoms with Gasteiger partial charge in [0.25, 0.3) is 0 Å². The van der Waals surface area contributed by atoms with E-state index in [1.807, 2.05) is 13.8 Å². The molecule has 0 radical (unpaired) electrons. The van der Waals surface area contributed by atoms with Crippen LogP contribution in [0.2, 0.25) is 0 Å². The number of ketones is 2. The number of carbonyl (C=O) groups is 3. The zero-order chi connectivity index (χ0) is 24.2. The van der Waals surface area contributed by atoms with Crippen molar-refractivity contribution in [2.75, 3.05) is 6.61 Å². The van der Waals surface area contributed by atoms with E-state index in [1.165, 1.54) is 12.2 Å². The van der Waals surface area contributed by atoms with Gasteiger partial charge in [0.15, 0.2) is 17.1 Å². The van der Waals surface area contributed by atoms with Gasteiger partial charge < -0.3 is 14.9 Å². The fourth-order valence-corrected chi connectivity index (χ4v) is 7.58. The van der Waals surface area contributed by atoms with Crippen molar-refractivity contribution in [3.05, 3.63) is 23.8 Å². The van der Waals surface area contributed by atoms with Crippen molar-refractivity contribution >= 4 is 17.5 Å². The van der Waals surface area contributed by atoms with Crippen molar-refractivity contribution in [2.24, 2.45) is 22.7 Å². The summed E-state index contributed by atoms with van der Waals surface area (Å²) in [6.07, 6.45) is 6.18. The van der Waals surface area contributed by atoms with Gasteiger partial charge in [-0.1, -0.05) is 31.9 Å². The number of hydrogen-bond donors (Lipinski definition) is 2. The maximum absolute atomic E-state index is 17.1. The average molecular weight is 463 g/mol. The summed E-state index contributed by atoms with van der Waals surface area (Å²) in [6.45, 7) is 4.72. The molecule has 0 aromatic carbocycles. The van der Waals surface area contributed by atoms with Crippen molar-refractivity contribution in [2.45, 2.75) is 89.5 Å². The van der Waals surface area contributed by atoms with Gasteiger partial charge in [-0.15, -0.1) is 0 Å². The number of carbonyl (C=O) groups excluding carboxylic acids is 3. The van der Waals surface area contributed by atoms with Gasteiger partial charge in [0.2, 0.25) is 5.78 Å². The van der Waals surface area contributed by atoms with Crippen LogP contribution in [-0.2, 0) is 19.1 Å². The van der Waals surface area contributed by atoms with Crippen LogP contribution >= 0.6 is 0 Å². The molecule has 6 nitrogen and oxygen atoms in total. The molecule has 3 fully saturated rings. The monoisotopic (exact) mass is 462 g/mol. The third-order valence-corrected chi connectivity index (χ3v) is 9.38. The van der Waals surface area contributed by atoms with E-state index in [1.54, 1.807) is 13.0 Å². The number of fused-ring (bicyclic) bond motifs is 5. The third-order valence-electron chi connectivity index (χ3n) is 9.38. The second-order valence-electron chi connectivity index (χ2n) is 10.8. The quantitative estimate of drug-likeness (QED) is 0.587. The second-order valence-corrected chi connectivity index (χ2v) is 10.8. The number of ether oxygens (including phenoxy) is 1. The van der Waals surface area contributed by atoms with E-state index >= 15 is 4.39 Å². The molecule has 0 spiro atoms. The molecule has 0 saturated heterocycles. The molecule has 33 heavy (non-hydrogen) atoms. The van der Waals surface area contributed by atoms with E-state index < -0.39 is 52.5 Å². The third kappa shape index (κ3) is 3.14. The SMILES string of the molecule is CCCCC(=O)O[C@@]1(C(=O)CO)CC[C@H]2[C@@H]3CCC4=CC(=O)C=C[C@]4(C)[C@@]3(F)[C@@H](O)C[C@@]21C. The minimum Gasteiger partial charge on any atom is -0.450 e. The number of alkyl halides is 1. The number of halogens is 1. The van der Waals surface area contributed by atoms with Gasteiger partial charge in [-0.05, 0) is 63.5 Å². The lowest BCUT2D eigenvalue weighted by atomic mass is 9.44. The number of aliphatic hydroxyl groups excluding tert-OH is 2. The first-order valence-electron chi connectivity index (χ1n) is 12.2. The number of allylic oxidation sites excluding steroid dienone is 4. The maximum Gasteiger partial charge on any atom is 0.306 e. The highest BCUT2D eigenvalue weighted by atomic mass is 19.1. The topological polar surface area (TPSA) is 101 Å². The summed E-state index contributed by atoms with van der Waals surface area (Å²) in [4.78, 5) is 37.7. The predicted octanol–water partition coefficient (Wildman–Crippen LogP) is 3.39. The summed E-state index contributed by atoms with van der Waals surface area (Å²) in [5.41, 5.74) is -5.01. The molecule has 7 atom stereocenters. The normalized spacial score (nSPS) is 43.9. The maximum atomic E-state index is 17.1. The minimum absolute atomic E-state index is 0.0673. The van der Waals surface area contributed by atoms with Crippen molar-refractivity contribution in [3.63, 3.8) is 0 Å². The minimum atomic E-state index is -2.01. The van der Waals surface area contributed by atoms with Crippen LogP contribution in [0.25, 0.3) is 0 Å². The summed E-state index contributed by atoms with van der Waals surface area (Å²) in [5.74, 6) is -2.14. The van der Waals surface area contributed by atoms with Crippen molar-refractivity contribution in [1.82, 2.24) is 0 Å². The zero-order valence-corrected chi connectivity index (χ0v) is 19.7. The van der Waals surface area contributed by atoms with E-state index in [9.17, 15) is 24.6 Å². The molecule has 4 aliphatic carbocycles. The second kappa shape index (κ2) is 8.12. The molecule has 7 heteroatoms. The summed E-state index contributed by atoms with van der Waals surface area (Å²) in [7, 11) is 0. The Bertz CT molecular complexity index is 926. The number of rotatable bonds is 6. The Morgan fingerprint density at radius 2 is 1.97 bits per heavy atom. The van der Waals surface area contributed by atoms with E-state index in [-0.39, 0.29) is 31.0 Å². The first-order chi connectivity index (χ1) is 15.5. The molecular formula is C26H35FO6. The Hall–Kier alpha value is -1.86. The number of aliphatic hydroxyl groups is 2. The van der Waals surface area contributed by atoms with Crippen LogP contribution in [0.1, 0.15) is 72.1 Å². The van der Waals surface area contributed by atoms with Gasteiger partial charge in [-0.3, -0.25) is 14.4 Å². The summed E-state index contributed by atoms with van der Waals surface area (Å²) in [5, 5.41) is 21.2. The highest BCUT2D eigenvalue weighted by molar-refractivity contribution is 6.01. The zero-order valence-electron chi connectivity index (χ0n) is 19.7. The molecule has 0 aliphatic heterocycles. The number of Topliss-reactive ketones (excluding diaryl/α,β-unsaturated/α-hetero) is 1. The van der Waals surface area contributed by atoms with Gasteiger partial charge in [0, 0.05) is 23.2 Å².